The molecule has 0 bridgehead atoms. The van der Waals surface area contributed by atoms with E-state index in [-0.39, 0.29) is 9.77 Å². The molecule has 0 aliphatic rings. The number of anilines is 2. The van der Waals surface area contributed by atoms with Gasteiger partial charge < -0.3 is 9.88 Å². The number of carbonyl (C=O) groups is 1. The van der Waals surface area contributed by atoms with Crippen molar-refractivity contribution >= 4 is 48.9 Å². The SMILES string of the molecule is Cc1ccc(S(=O)(=O)N(CC(=O)Nc2ccc3c(c2)sc(=O)n3C)c2ccccc2C)cc1. The van der Waals surface area contributed by atoms with Crippen molar-refractivity contribution in [3.63, 3.8) is 0 Å². The van der Waals surface area contributed by atoms with Crippen LogP contribution in [0.2, 0.25) is 0 Å². The lowest BCUT2D eigenvalue weighted by Gasteiger charge is -2.25. The summed E-state index contributed by atoms with van der Waals surface area (Å²) in [6.07, 6.45) is 0. The van der Waals surface area contributed by atoms with Crippen molar-refractivity contribution in [3.05, 3.63) is 87.5 Å². The lowest BCUT2D eigenvalue weighted by Crippen LogP contribution is -2.38. The van der Waals surface area contributed by atoms with Gasteiger partial charge in [-0.3, -0.25) is 13.9 Å². The Labute approximate surface area is 196 Å². The van der Waals surface area contributed by atoms with Crippen LogP contribution < -0.4 is 14.5 Å². The highest BCUT2D eigenvalue weighted by atomic mass is 32.2. The standard InChI is InChI=1S/C24H23N3O4S2/c1-16-8-11-19(12-9-16)33(30,31)27(20-7-5-4-6-17(20)2)15-23(28)25-18-10-13-21-22(14-18)32-24(29)26(21)3/h4-14H,15H2,1-3H3,(H,25,28). The highest BCUT2D eigenvalue weighted by molar-refractivity contribution is 7.92. The van der Waals surface area contributed by atoms with E-state index in [9.17, 15) is 18.0 Å². The molecule has 0 aliphatic heterocycles. The molecule has 170 valence electrons. The first-order chi connectivity index (χ1) is 15.7. The van der Waals surface area contributed by atoms with Gasteiger partial charge in [-0.05, 0) is 55.8 Å². The van der Waals surface area contributed by atoms with Gasteiger partial charge in [0.1, 0.15) is 6.54 Å². The number of hydrogen-bond donors (Lipinski definition) is 1. The number of rotatable bonds is 6. The van der Waals surface area contributed by atoms with Gasteiger partial charge in [0.25, 0.3) is 10.0 Å². The average molecular weight is 482 g/mol. The zero-order valence-corrected chi connectivity index (χ0v) is 20.0. The van der Waals surface area contributed by atoms with Gasteiger partial charge >= 0.3 is 4.87 Å². The second-order valence-corrected chi connectivity index (χ2v) is 10.6. The van der Waals surface area contributed by atoms with Gasteiger partial charge in [-0.2, -0.15) is 0 Å². The van der Waals surface area contributed by atoms with Gasteiger partial charge in [0.15, 0.2) is 0 Å². The predicted octanol–water partition coefficient (Wildman–Crippen LogP) is 4.05. The minimum atomic E-state index is -3.99. The van der Waals surface area contributed by atoms with E-state index in [1.807, 2.05) is 13.0 Å². The maximum absolute atomic E-state index is 13.5. The number of nitrogens with zero attached hydrogens (tertiary/aromatic N) is 2. The van der Waals surface area contributed by atoms with E-state index in [0.717, 1.165) is 37.0 Å². The normalized spacial score (nSPS) is 11.5. The van der Waals surface area contributed by atoms with Gasteiger partial charge in [-0.1, -0.05) is 47.2 Å². The number of benzene rings is 3. The molecule has 33 heavy (non-hydrogen) atoms. The maximum atomic E-state index is 13.5. The summed E-state index contributed by atoms with van der Waals surface area (Å²) in [6.45, 7) is 3.28. The summed E-state index contributed by atoms with van der Waals surface area (Å²) < 4.78 is 30.4. The number of aryl methyl sites for hydroxylation is 3. The summed E-state index contributed by atoms with van der Waals surface area (Å²) in [5.74, 6) is -0.489. The summed E-state index contributed by atoms with van der Waals surface area (Å²) in [7, 11) is -2.30. The molecular formula is C24H23N3O4S2. The maximum Gasteiger partial charge on any atom is 0.307 e. The Balaban J connectivity index is 1.66. The van der Waals surface area contributed by atoms with Crippen molar-refractivity contribution in [2.45, 2.75) is 18.7 Å². The molecule has 0 aliphatic carbocycles. The first-order valence-corrected chi connectivity index (χ1v) is 12.5. The highest BCUT2D eigenvalue weighted by Crippen LogP contribution is 2.27. The molecular weight excluding hydrogens is 458 g/mol. The summed E-state index contributed by atoms with van der Waals surface area (Å²) >= 11 is 1.09. The minimum Gasteiger partial charge on any atom is -0.324 e. The molecule has 0 saturated carbocycles. The second kappa shape index (κ2) is 8.84. The molecule has 7 nitrogen and oxygen atoms in total. The summed E-state index contributed by atoms with van der Waals surface area (Å²) in [5, 5.41) is 2.77. The van der Waals surface area contributed by atoms with Crippen LogP contribution >= 0.6 is 11.3 Å². The van der Waals surface area contributed by atoms with Crippen LogP contribution in [-0.4, -0.2) is 25.4 Å². The van der Waals surface area contributed by atoms with Crippen molar-refractivity contribution < 1.29 is 13.2 Å². The number of para-hydroxylation sites is 1. The fraction of sp³-hybridized carbons (Fsp3) is 0.167. The zero-order chi connectivity index (χ0) is 23.8. The van der Waals surface area contributed by atoms with Crippen LogP contribution in [-0.2, 0) is 21.9 Å². The van der Waals surface area contributed by atoms with E-state index in [1.165, 1.54) is 0 Å². The summed E-state index contributed by atoms with van der Waals surface area (Å²) in [6, 6.07) is 18.7. The fourth-order valence-electron chi connectivity index (χ4n) is 3.52. The van der Waals surface area contributed by atoms with E-state index in [0.29, 0.717) is 11.4 Å². The third kappa shape index (κ3) is 4.55. The summed E-state index contributed by atoms with van der Waals surface area (Å²) in [4.78, 5) is 24.9. The van der Waals surface area contributed by atoms with Crippen molar-refractivity contribution in [3.8, 4) is 0 Å². The highest BCUT2D eigenvalue weighted by Gasteiger charge is 2.28. The predicted molar refractivity (Wildman–Crippen MR) is 133 cm³/mol. The van der Waals surface area contributed by atoms with Crippen LogP contribution in [0.15, 0.2) is 76.4 Å². The van der Waals surface area contributed by atoms with Crippen molar-refractivity contribution in [1.82, 2.24) is 4.57 Å². The molecule has 0 fully saturated rings. The van der Waals surface area contributed by atoms with E-state index in [1.54, 1.807) is 79.2 Å². The Morgan fingerprint density at radius 2 is 1.73 bits per heavy atom. The Morgan fingerprint density at radius 3 is 2.42 bits per heavy atom. The molecule has 1 N–H and O–H groups in total. The summed E-state index contributed by atoms with van der Waals surface area (Å²) in [5.41, 5.74) is 3.37. The van der Waals surface area contributed by atoms with Crippen molar-refractivity contribution in [2.75, 3.05) is 16.2 Å². The molecule has 0 radical (unpaired) electrons. The molecule has 4 rings (SSSR count). The van der Waals surface area contributed by atoms with Gasteiger partial charge in [0.2, 0.25) is 5.91 Å². The number of hydrogen-bond acceptors (Lipinski definition) is 5. The van der Waals surface area contributed by atoms with Crippen LogP contribution in [0.25, 0.3) is 10.2 Å². The average Bonchev–Trinajstić information content (AvgIpc) is 3.06. The topological polar surface area (TPSA) is 88.5 Å². The van der Waals surface area contributed by atoms with Gasteiger partial charge in [0.05, 0.1) is 20.8 Å². The Bertz CT molecular complexity index is 1500. The number of aromatic nitrogens is 1. The van der Waals surface area contributed by atoms with Crippen LogP contribution in [0.1, 0.15) is 11.1 Å². The molecule has 1 aromatic heterocycles. The molecule has 9 heteroatoms. The lowest BCUT2D eigenvalue weighted by atomic mass is 10.2. The van der Waals surface area contributed by atoms with E-state index >= 15 is 0 Å². The number of nitrogens with one attached hydrogen (secondary N) is 1. The van der Waals surface area contributed by atoms with Gasteiger partial charge in [-0.15, -0.1) is 0 Å². The molecule has 1 heterocycles. The lowest BCUT2D eigenvalue weighted by molar-refractivity contribution is -0.114. The monoisotopic (exact) mass is 481 g/mol. The number of carbonyl (C=O) groups excluding carboxylic acids is 1. The van der Waals surface area contributed by atoms with Gasteiger partial charge in [0, 0.05) is 12.7 Å². The molecule has 1 amide bonds. The number of thiazole rings is 1. The molecule has 0 saturated heterocycles. The first-order valence-electron chi connectivity index (χ1n) is 10.2. The Morgan fingerprint density at radius 1 is 1.03 bits per heavy atom. The van der Waals surface area contributed by atoms with Crippen LogP contribution in [0, 0.1) is 13.8 Å². The van der Waals surface area contributed by atoms with Crippen LogP contribution in [0.4, 0.5) is 11.4 Å². The van der Waals surface area contributed by atoms with E-state index in [2.05, 4.69) is 5.32 Å². The zero-order valence-electron chi connectivity index (χ0n) is 18.4. The van der Waals surface area contributed by atoms with Crippen molar-refractivity contribution in [2.24, 2.45) is 7.05 Å². The molecule has 0 spiro atoms. The van der Waals surface area contributed by atoms with Gasteiger partial charge in [-0.25, -0.2) is 8.42 Å². The molecule has 0 atom stereocenters. The van der Waals surface area contributed by atoms with Crippen LogP contribution in [0.5, 0.6) is 0 Å². The number of fused-ring (bicyclic) bond motifs is 1. The quantitative estimate of drug-likeness (QED) is 0.450. The largest absolute Gasteiger partial charge is 0.324 e. The molecule has 4 aromatic rings. The number of amides is 1. The third-order valence-electron chi connectivity index (χ3n) is 5.36. The Kier molecular flexibility index (Phi) is 6.09. The third-order valence-corrected chi connectivity index (χ3v) is 8.13. The minimum absolute atomic E-state index is 0.0941. The second-order valence-electron chi connectivity index (χ2n) is 7.77. The van der Waals surface area contributed by atoms with E-state index in [4.69, 9.17) is 0 Å². The smallest absolute Gasteiger partial charge is 0.307 e. The number of sulfonamides is 1. The first kappa shape index (κ1) is 22.8. The van der Waals surface area contributed by atoms with E-state index < -0.39 is 22.5 Å². The van der Waals surface area contributed by atoms with Crippen LogP contribution in [0.3, 0.4) is 0 Å². The molecule has 0 unspecified atom stereocenters. The Hall–Kier alpha value is -3.43. The fourth-order valence-corrected chi connectivity index (χ4v) is 5.93. The molecule has 3 aromatic carbocycles. The van der Waals surface area contributed by atoms with Crippen molar-refractivity contribution in [1.29, 1.82) is 0 Å².